The molecule has 1 aromatic carbocycles. The van der Waals surface area contributed by atoms with Gasteiger partial charge in [-0.25, -0.2) is 4.79 Å². The Kier molecular flexibility index (Phi) is 6.69. The van der Waals surface area contributed by atoms with Crippen LogP contribution in [0.3, 0.4) is 0 Å². The third-order valence-electron chi connectivity index (χ3n) is 4.82. The van der Waals surface area contributed by atoms with Gasteiger partial charge in [0.1, 0.15) is 5.60 Å². The molecule has 0 spiro atoms. The normalized spacial score (nSPS) is 20.5. The maximum Gasteiger partial charge on any atom is 0.407 e. The fraction of sp³-hybridized carbons (Fsp3) is 0.591. The summed E-state index contributed by atoms with van der Waals surface area (Å²) >= 11 is 0. The predicted molar refractivity (Wildman–Crippen MR) is 104 cm³/mol. The van der Waals surface area contributed by atoms with Crippen LogP contribution in [0.5, 0.6) is 0 Å². The van der Waals surface area contributed by atoms with Gasteiger partial charge in [0.15, 0.2) is 0 Å². The summed E-state index contributed by atoms with van der Waals surface area (Å²) in [5.74, 6) is 1.06. The molecule has 0 radical (unpaired) electrons. The van der Waals surface area contributed by atoms with Crippen molar-refractivity contribution in [2.45, 2.75) is 71.9 Å². The van der Waals surface area contributed by atoms with Crippen LogP contribution in [-0.4, -0.2) is 17.7 Å². The lowest BCUT2D eigenvalue weighted by Gasteiger charge is -2.26. The quantitative estimate of drug-likeness (QED) is 0.647. The minimum Gasteiger partial charge on any atom is -0.444 e. The topological polar surface area (TPSA) is 38.3 Å². The second-order valence-electron chi connectivity index (χ2n) is 8.16. The number of carbonyl (C=O) groups excluding carboxylic acids is 1. The Hall–Kier alpha value is -1.77. The van der Waals surface area contributed by atoms with Gasteiger partial charge < -0.3 is 10.1 Å². The van der Waals surface area contributed by atoms with Crippen LogP contribution in [0.4, 0.5) is 4.79 Å². The molecule has 1 amide bonds. The number of carbonyl (C=O) groups is 1. The lowest BCUT2D eigenvalue weighted by atomic mass is 9.97. The van der Waals surface area contributed by atoms with Crippen molar-refractivity contribution >= 4 is 12.2 Å². The summed E-state index contributed by atoms with van der Waals surface area (Å²) in [6.45, 7) is 10.5. The number of benzene rings is 1. The highest BCUT2D eigenvalue weighted by atomic mass is 16.6. The Bertz CT molecular complexity index is 589. The molecule has 0 saturated heterocycles. The van der Waals surface area contributed by atoms with Gasteiger partial charge in [-0.15, -0.1) is 0 Å². The van der Waals surface area contributed by atoms with E-state index in [0.717, 1.165) is 25.7 Å². The Balaban J connectivity index is 1.84. The Morgan fingerprint density at radius 3 is 2.60 bits per heavy atom. The lowest BCUT2D eigenvalue weighted by molar-refractivity contribution is 0.0286. The van der Waals surface area contributed by atoms with Crippen LogP contribution in [-0.2, 0) is 4.74 Å². The van der Waals surface area contributed by atoms with E-state index in [1.165, 1.54) is 11.1 Å². The monoisotopic (exact) mass is 343 g/mol. The summed E-state index contributed by atoms with van der Waals surface area (Å²) in [6, 6.07) is 10.6. The first-order chi connectivity index (χ1) is 11.8. The van der Waals surface area contributed by atoms with Crippen LogP contribution >= 0.6 is 0 Å². The van der Waals surface area contributed by atoms with Crippen LogP contribution in [0.25, 0.3) is 6.08 Å². The first-order valence-corrected chi connectivity index (χ1v) is 9.55. The van der Waals surface area contributed by atoms with Gasteiger partial charge in [0.2, 0.25) is 0 Å². The van der Waals surface area contributed by atoms with Gasteiger partial charge >= 0.3 is 6.09 Å². The number of hydrogen-bond acceptors (Lipinski definition) is 2. The first kappa shape index (κ1) is 19.6. The van der Waals surface area contributed by atoms with E-state index in [1.807, 2.05) is 19.9 Å². The minimum atomic E-state index is -0.411. The highest BCUT2D eigenvalue weighted by Crippen LogP contribution is 2.40. The van der Waals surface area contributed by atoms with Crippen molar-refractivity contribution in [2.24, 2.45) is 11.8 Å². The summed E-state index contributed by atoms with van der Waals surface area (Å²) < 4.78 is 5.65. The molecular formula is C22H33NO2. The molecule has 1 aliphatic rings. The number of ether oxygens (including phenoxy) is 1. The highest BCUT2D eigenvalue weighted by Gasteiger charge is 2.41. The average Bonchev–Trinajstić information content (AvgIpc) is 3.30. The number of nitrogens with one attached hydrogen (secondary N) is 1. The molecule has 138 valence electrons. The second kappa shape index (κ2) is 8.55. The molecule has 1 fully saturated rings. The zero-order valence-corrected chi connectivity index (χ0v) is 16.3. The van der Waals surface area contributed by atoms with Gasteiger partial charge in [-0.2, -0.15) is 0 Å². The van der Waals surface area contributed by atoms with Gasteiger partial charge in [0.05, 0.1) is 0 Å². The van der Waals surface area contributed by atoms with Crippen molar-refractivity contribution in [1.82, 2.24) is 5.32 Å². The highest BCUT2D eigenvalue weighted by molar-refractivity contribution is 5.69. The molecular weight excluding hydrogens is 310 g/mol. The zero-order valence-electron chi connectivity index (χ0n) is 16.3. The van der Waals surface area contributed by atoms with Gasteiger partial charge in [-0.1, -0.05) is 62.8 Å². The average molecular weight is 344 g/mol. The molecule has 1 aliphatic carbocycles. The van der Waals surface area contributed by atoms with Crippen molar-refractivity contribution in [3.05, 3.63) is 41.5 Å². The SMILES string of the molecule is CC/C(=C\c1ccccc1)[C@@H]1CC1NC(=O)OC(C)(C)CCC(C)C. The lowest BCUT2D eigenvalue weighted by Crippen LogP contribution is -2.36. The standard InChI is InChI=1S/C22H33NO2/c1-6-18(14-17-10-8-7-9-11-17)19-15-20(19)23-21(24)25-22(4,5)13-12-16(2)3/h7-11,14,16,19-20H,6,12-13,15H2,1-5H3,(H,23,24)/b18-14+/t19-,20?/m0/s1. The summed E-state index contributed by atoms with van der Waals surface area (Å²) in [4.78, 5) is 12.2. The smallest absolute Gasteiger partial charge is 0.407 e. The third kappa shape index (κ3) is 6.56. The van der Waals surface area contributed by atoms with E-state index in [1.54, 1.807) is 0 Å². The molecule has 1 N–H and O–H groups in total. The fourth-order valence-electron chi connectivity index (χ4n) is 3.12. The second-order valence-corrected chi connectivity index (χ2v) is 8.16. The maximum atomic E-state index is 12.2. The molecule has 0 heterocycles. The zero-order chi connectivity index (χ0) is 18.4. The molecule has 2 rings (SSSR count). The van der Waals surface area contributed by atoms with Crippen molar-refractivity contribution < 1.29 is 9.53 Å². The molecule has 1 aromatic rings. The number of rotatable bonds is 8. The van der Waals surface area contributed by atoms with E-state index in [-0.39, 0.29) is 12.1 Å². The Morgan fingerprint density at radius 1 is 1.32 bits per heavy atom. The molecule has 1 saturated carbocycles. The van der Waals surface area contributed by atoms with Crippen molar-refractivity contribution in [1.29, 1.82) is 0 Å². The van der Waals surface area contributed by atoms with Gasteiger partial charge in [0, 0.05) is 12.0 Å². The van der Waals surface area contributed by atoms with Crippen molar-refractivity contribution in [3.63, 3.8) is 0 Å². The molecule has 1 unspecified atom stereocenters. The largest absolute Gasteiger partial charge is 0.444 e. The summed E-state index contributed by atoms with van der Waals surface area (Å²) in [6.07, 6.45) is 5.94. The molecule has 3 heteroatoms. The first-order valence-electron chi connectivity index (χ1n) is 9.55. The predicted octanol–water partition coefficient (Wildman–Crippen LogP) is 5.81. The van der Waals surface area contributed by atoms with E-state index >= 15 is 0 Å². The van der Waals surface area contributed by atoms with Crippen LogP contribution in [0.1, 0.15) is 65.9 Å². The maximum absolute atomic E-state index is 12.2. The molecule has 0 bridgehead atoms. The van der Waals surface area contributed by atoms with Crippen LogP contribution in [0.15, 0.2) is 35.9 Å². The van der Waals surface area contributed by atoms with Gasteiger partial charge in [0.25, 0.3) is 0 Å². The van der Waals surface area contributed by atoms with Gasteiger partial charge in [-0.3, -0.25) is 0 Å². The Morgan fingerprint density at radius 2 is 2.00 bits per heavy atom. The van der Waals surface area contributed by atoms with Crippen molar-refractivity contribution in [2.75, 3.05) is 0 Å². The molecule has 2 atom stereocenters. The Labute approximate surface area is 152 Å². The molecule has 3 nitrogen and oxygen atoms in total. The van der Waals surface area contributed by atoms with Crippen LogP contribution < -0.4 is 5.32 Å². The van der Waals surface area contributed by atoms with Crippen LogP contribution in [0, 0.1) is 11.8 Å². The van der Waals surface area contributed by atoms with E-state index in [4.69, 9.17) is 4.74 Å². The number of alkyl carbamates (subject to hydrolysis) is 1. The molecule has 0 aliphatic heterocycles. The third-order valence-corrected chi connectivity index (χ3v) is 4.82. The van der Waals surface area contributed by atoms with E-state index < -0.39 is 5.60 Å². The van der Waals surface area contributed by atoms with Gasteiger partial charge in [-0.05, 0) is 51.0 Å². The van der Waals surface area contributed by atoms with Crippen LogP contribution in [0.2, 0.25) is 0 Å². The summed E-state index contributed by atoms with van der Waals surface area (Å²) in [5.41, 5.74) is 2.21. The molecule has 25 heavy (non-hydrogen) atoms. The fourth-order valence-corrected chi connectivity index (χ4v) is 3.12. The van der Waals surface area contributed by atoms with E-state index in [0.29, 0.717) is 11.8 Å². The van der Waals surface area contributed by atoms with E-state index in [9.17, 15) is 4.79 Å². The number of amides is 1. The minimum absolute atomic E-state index is 0.211. The summed E-state index contributed by atoms with van der Waals surface area (Å²) in [5, 5.41) is 3.05. The molecule has 0 aromatic heterocycles. The van der Waals surface area contributed by atoms with E-state index in [2.05, 4.69) is 56.4 Å². The summed E-state index contributed by atoms with van der Waals surface area (Å²) in [7, 11) is 0. The number of hydrogen-bond donors (Lipinski definition) is 1. The van der Waals surface area contributed by atoms with Crippen molar-refractivity contribution in [3.8, 4) is 0 Å².